The lowest BCUT2D eigenvalue weighted by atomic mass is 9.80. The fraction of sp³-hybridized carbons (Fsp3) is 0.529. The van der Waals surface area contributed by atoms with Crippen molar-refractivity contribution in [2.24, 2.45) is 11.8 Å². The average Bonchev–Trinajstić information content (AvgIpc) is 2.47. The van der Waals surface area contributed by atoms with E-state index in [1.165, 1.54) is 31.7 Å². The van der Waals surface area contributed by atoms with Crippen molar-refractivity contribution in [2.75, 3.05) is 6.54 Å². The van der Waals surface area contributed by atoms with E-state index in [0.717, 1.165) is 0 Å². The van der Waals surface area contributed by atoms with Crippen LogP contribution in [0.2, 0.25) is 0 Å². The summed E-state index contributed by atoms with van der Waals surface area (Å²) >= 11 is 0. The maximum atomic E-state index is 12.0. The fourth-order valence-electron chi connectivity index (χ4n) is 3.06. The van der Waals surface area contributed by atoms with E-state index in [1.807, 2.05) is 0 Å². The van der Waals surface area contributed by atoms with Crippen molar-refractivity contribution in [1.29, 1.82) is 0 Å². The predicted octanol–water partition coefficient (Wildman–Crippen LogP) is 2.87. The maximum absolute atomic E-state index is 12.0. The number of carbonyl (C=O) groups is 2. The molecule has 0 heterocycles. The molecule has 1 amide bonds. The summed E-state index contributed by atoms with van der Waals surface area (Å²) in [5, 5.41) is 12.1. The Morgan fingerprint density at radius 3 is 2.67 bits per heavy atom. The summed E-state index contributed by atoms with van der Waals surface area (Å²) < 4.78 is 0. The molecule has 0 spiro atoms. The normalized spacial score (nSPS) is 21.8. The minimum Gasteiger partial charge on any atom is -0.478 e. The molecule has 2 atom stereocenters. The van der Waals surface area contributed by atoms with Gasteiger partial charge in [-0.1, -0.05) is 44.4 Å². The van der Waals surface area contributed by atoms with Gasteiger partial charge in [-0.15, -0.1) is 0 Å². The van der Waals surface area contributed by atoms with Crippen LogP contribution in [0.25, 0.3) is 0 Å². The van der Waals surface area contributed by atoms with E-state index >= 15 is 0 Å². The molecule has 1 aliphatic carbocycles. The zero-order valence-corrected chi connectivity index (χ0v) is 12.5. The molecule has 1 aliphatic rings. The van der Waals surface area contributed by atoms with Crippen LogP contribution in [0.4, 0.5) is 0 Å². The maximum Gasteiger partial charge on any atom is 0.335 e. The molecule has 2 unspecified atom stereocenters. The minimum absolute atomic E-state index is 0.0959. The standard InChI is InChI=1S/C17H23NO3/c1-12-6-2-3-8-14(12)11-18-16(19)10-13-7-4-5-9-15(13)17(20)21/h4-5,7,9,12,14H,2-3,6,8,10-11H2,1H3,(H,18,19)(H,20,21). The summed E-state index contributed by atoms with van der Waals surface area (Å²) in [5.74, 6) is 0.128. The zero-order valence-electron chi connectivity index (χ0n) is 12.5. The lowest BCUT2D eigenvalue weighted by Crippen LogP contribution is -2.34. The third-order valence-electron chi connectivity index (χ3n) is 4.45. The molecule has 0 aliphatic heterocycles. The Kier molecular flexibility index (Phi) is 5.37. The average molecular weight is 289 g/mol. The van der Waals surface area contributed by atoms with Gasteiger partial charge in [-0.05, 0) is 29.9 Å². The number of hydrogen-bond donors (Lipinski definition) is 2. The van der Waals surface area contributed by atoms with Gasteiger partial charge in [0.15, 0.2) is 0 Å². The molecule has 114 valence electrons. The Balaban J connectivity index is 1.89. The molecule has 1 aromatic carbocycles. The van der Waals surface area contributed by atoms with Crippen LogP contribution in [0.1, 0.15) is 48.5 Å². The van der Waals surface area contributed by atoms with Crippen molar-refractivity contribution < 1.29 is 14.7 Å². The zero-order chi connectivity index (χ0) is 15.2. The molecule has 2 rings (SSSR count). The summed E-state index contributed by atoms with van der Waals surface area (Å²) in [5.41, 5.74) is 0.776. The third-order valence-corrected chi connectivity index (χ3v) is 4.45. The van der Waals surface area contributed by atoms with E-state index in [4.69, 9.17) is 5.11 Å². The van der Waals surface area contributed by atoms with Gasteiger partial charge in [0.05, 0.1) is 12.0 Å². The number of carboxylic acids is 1. The number of rotatable bonds is 5. The largest absolute Gasteiger partial charge is 0.478 e. The van der Waals surface area contributed by atoms with E-state index in [-0.39, 0.29) is 17.9 Å². The summed E-state index contributed by atoms with van der Waals surface area (Å²) in [6.45, 7) is 2.95. The number of nitrogens with one attached hydrogen (secondary N) is 1. The smallest absolute Gasteiger partial charge is 0.335 e. The number of hydrogen-bond acceptors (Lipinski definition) is 2. The second-order valence-electron chi connectivity index (χ2n) is 5.96. The first-order valence-electron chi connectivity index (χ1n) is 7.66. The second kappa shape index (κ2) is 7.25. The Bertz CT molecular complexity index is 513. The number of benzene rings is 1. The summed E-state index contributed by atoms with van der Waals surface area (Å²) in [6, 6.07) is 6.67. The number of carboxylic acid groups (broad SMARTS) is 1. The Hall–Kier alpha value is -1.84. The molecule has 4 nitrogen and oxygen atoms in total. The van der Waals surface area contributed by atoms with Gasteiger partial charge in [-0.25, -0.2) is 4.79 Å². The second-order valence-corrected chi connectivity index (χ2v) is 5.96. The number of amides is 1. The van der Waals surface area contributed by atoms with Gasteiger partial charge in [0, 0.05) is 6.54 Å². The van der Waals surface area contributed by atoms with Gasteiger partial charge in [-0.2, -0.15) is 0 Å². The van der Waals surface area contributed by atoms with Crippen molar-refractivity contribution in [1.82, 2.24) is 5.32 Å². The van der Waals surface area contributed by atoms with Crippen LogP contribution in [-0.4, -0.2) is 23.5 Å². The number of aromatic carboxylic acids is 1. The van der Waals surface area contributed by atoms with Crippen LogP contribution < -0.4 is 5.32 Å². The van der Waals surface area contributed by atoms with Crippen LogP contribution in [0.15, 0.2) is 24.3 Å². The summed E-state index contributed by atoms with van der Waals surface area (Å²) in [7, 11) is 0. The van der Waals surface area contributed by atoms with Gasteiger partial charge in [0.2, 0.25) is 5.91 Å². The molecular formula is C17H23NO3. The highest BCUT2D eigenvalue weighted by Gasteiger charge is 2.21. The highest BCUT2D eigenvalue weighted by Crippen LogP contribution is 2.28. The van der Waals surface area contributed by atoms with Crippen molar-refractivity contribution in [3.8, 4) is 0 Å². The summed E-state index contributed by atoms with van der Waals surface area (Å²) in [6.07, 6.45) is 5.07. The first kappa shape index (κ1) is 15.5. The molecule has 4 heteroatoms. The summed E-state index contributed by atoms with van der Waals surface area (Å²) in [4.78, 5) is 23.2. The molecule has 1 aromatic rings. The predicted molar refractivity (Wildman–Crippen MR) is 81.2 cm³/mol. The Morgan fingerprint density at radius 1 is 1.24 bits per heavy atom. The van der Waals surface area contributed by atoms with Gasteiger partial charge in [-0.3, -0.25) is 4.79 Å². The first-order valence-corrected chi connectivity index (χ1v) is 7.66. The van der Waals surface area contributed by atoms with E-state index in [0.29, 0.717) is 23.9 Å². The van der Waals surface area contributed by atoms with Gasteiger partial charge in [0.25, 0.3) is 0 Å². The van der Waals surface area contributed by atoms with Crippen LogP contribution in [0.5, 0.6) is 0 Å². The van der Waals surface area contributed by atoms with Gasteiger partial charge in [0.1, 0.15) is 0 Å². The highest BCUT2D eigenvalue weighted by molar-refractivity contribution is 5.91. The van der Waals surface area contributed by atoms with Gasteiger partial charge < -0.3 is 10.4 Å². The Labute approximate surface area is 125 Å². The molecule has 1 saturated carbocycles. The SMILES string of the molecule is CC1CCCCC1CNC(=O)Cc1ccccc1C(=O)O. The highest BCUT2D eigenvalue weighted by atomic mass is 16.4. The molecule has 1 fully saturated rings. The Morgan fingerprint density at radius 2 is 1.95 bits per heavy atom. The van der Waals surface area contributed by atoms with Crippen LogP contribution in [0, 0.1) is 11.8 Å². The minimum atomic E-state index is -0.987. The molecule has 2 N–H and O–H groups in total. The van der Waals surface area contributed by atoms with E-state index in [2.05, 4.69) is 12.2 Å². The van der Waals surface area contributed by atoms with Crippen molar-refractivity contribution in [2.45, 2.75) is 39.0 Å². The van der Waals surface area contributed by atoms with E-state index < -0.39 is 5.97 Å². The van der Waals surface area contributed by atoms with Crippen molar-refractivity contribution >= 4 is 11.9 Å². The lowest BCUT2D eigenvalue weighted by molar-refractivity contribution is -0.120. The lowest BCUT2D eigenvalue weighted by Gasteiger charge is -2.28. The molecule has 0 aromatic heterocycles. The van der Waals surface area contributed by atoms with Crippen molar-refractivity contribution in [3.63, 3.8) is 0 Å². The van der Waals surface area contributed by atoms with Crippen LogP contribution in [-0.2, 0) is 11.2 Å². The molecule has 0 radical (unpaired) electrons. The first-order chi connectivity index (χ1) is 10.1. The van der Waals surface area contributed by atoms with Crippen molar-refractivity contribution in [3.05, 3.63) is 35.4 Å². The fourth-order valence-corrected chi connectivity index (χ4v) is 3.06. The van der Waals surface area contributed by atoms with E-state index in [9.17, 15) is 9.59 Å². The third kappa shape index (κ3) is 4.31. The number of carbonyl (C=O) groups excluding carboxylic acids is 1. The quantitative estimate of drug-likeness (QED) is 0.876. The van der Waals surface area contributed by atoms with Gasteiger partial charge >= 0.3 is 5.97 Å². The molecule has 0 bridgehead atoms. The molecule has 21 heavy (non-hydrogen) atoms. The van der Waals surface area contributed by atoms with Crippen LogP contribution >= 0.6 is 0 Å². The molecular weight excluding hydrogens is 266 g/mol. The van der Waals surface area contributed by atoms with E-state index in [1.54, 1.807) is 18.2 Å². The topological polar surface area (TPSA) is 66.4 Å². The van der Waals surface area contributed by atoms with Crippen LogP contribution in [0.3, 0.4) is 0 Å². The monoisotopic (exact) mass is 289 g/mol. The molecule has 0 saturated heterocycles.